The molecule has 0 bridgehead atoms. The third-order valence-electron chi connectivity index (χ3n) is 1.51. The second-order valence-electron chi connectivity index (χ2n) is 2.59. The molecular formula is C9H12N2O2S. The maximum atomic E-state index is 11.5. The second-order valence-corrected chi connectivity index (χ2v) is 4.27. The van der Waals surface area contributed by atoms with Crippen LogP contribution in [0.3, 0.4) is 0 Å². The molecule has 14 heavy (non-hydrogen) atoms. The van der Waals surface area contributed by atoms with E-state index in [1.807, 2.05) is 0 Å². The van der Waals surface area contributed by atoms with Gasteiger partial charge < -0.3 is 0 Å². The summed E-state index contributed by atoms with van der Waals surface area (Å²) < 4.78 is 23.0. The minimum Gasteiger partial charge on any atom is -0.240 e. The van der Waals surface area contributed by atoms with Crippen molar-refractivity contribution in [2.75, 3.05) is 6.54 Å². The monoisotopic (exact) mass is 212 g/mol. The maximum Gasteiger partial charge on any atom is 0.253 e. The zero-order valence-corrected chi connectivity index (χ0v) is 8.42. The molecule has 0 saturated heterocycles. The third-order valence-corrected chi connectivity index (χ3v) is 2.81. The molecule has 1 rings (SSSR count). The number of sulfonamides is 1. The predicted molar refractivity (Wildman–Crippen MR) is 55.0 cm³/mol. The molecule has 0 spiro atoms. The Balaban J connectivity index is 2.72. The highest BCUT2D eigenvalue weighted by Crippen LogP contribution is 2.05. The van der Waals surface area contributed by atoms with E-state index < -0.39 is 10.0 Å². The van der Waals surface area contributed by atoms with Gasteiger partial charge >= 0.3 is 0 Å². The number of nitrogens with one attached hydrogen (secondary N) is 2. The molecule has 76 valence electrons. The Morgan fingerprint density at radius 3 is 2.50 bits per heavy atom. The Morgan fingerprint density at radius 1 is 1.29 bits per heavy atom. The van der Waals surface area contributed by atoms with Crippen molar-refractivity contribution < 1.29 is 8.42 Å². The molecule has 5 heteroatoms. The molecule has 0 heterocycles. The van der Waals surface area contributed by atoms with Crippen LogP contribution >= 0.6 is 0 Å². The average molecular weight is 212 g/mol. The van der Waals surface area contributed by atoms with Crippen LogP contribution in [0.15, 0.2) is 47.9 Å². The van der Waals surface area contributed by atoms with Gasteiger partial charge in [0.2, 0.25) is 0 Å². The minimum atomic E-state index is -3.44. The molecule has 0 atom stereocenters. The Morgan fingerprint density at radius 2 is 1.93 bits per heavy atom. The standard InChI is InChI=1S/C9H12N2O2S/c1-2-8-10-11-14(12,13)9-6-4-3-5-7-9/h2-7,10-11H,1,8H2. The van der Waals surface area contributed by atoms with E-state index in [-0.39, 0.29) is 4.90 Å². The zero-order chi connectivity index (χ0) is 10.4. The van der Waals surface area contributed by atoms with Crippen LogP contribution in [0.5, 0.6) is 0 Å². The lowest BCUT2D eigenvalue weighted by molar-refractivity contribution is 0.565. The van der Waals surface area contributed by atoms with E-state index in [1.54, 1.807) is 24.3 Å². The van der Waals surface area contributed by atoms with E-state index in [0.717, 1.165) is 0 Å². The molecule has 1 aromatic carbocycles. The molecule has 0 unspecified atom stereocenters. The normalized spacial score (nSPS) is 11.1. The van der Waals surface area contributed by atoms with Crippen LogP contribution in [0.1, 0.15) is 0 Å². The van der Waals surface area contributed by atoms with E-state index in [0.29, 0.717) is 6.54 Å². The van der Waals surface area contributed by atoms with Gasteiger partial charge in [-0.05, 0) is 12.1 Å². The number of hydrogen-bond donors (Lipinski definition) is 2. The summed E-state index contributed by atoms with van der Waals surface area (Å²) in [7, 11) is -3.44. The summed E-state index contributed by atoms with van der Waals surface area (Å²) in [6, 6.07) is 8.15. The Bertz CT molecular complexity index is 387. The molecule has 0 aliphatic rings. The fourth-order valence-electron chi connectivity index (χ4n) is 0.867. The first kappa shape index (κ1) is 10.9. The van der Waals surface area contributed by atoms with Crippen molar-refractivity contribution in [2.24, 2.45) is 0 Å². The van der Waals surface area contributed by atoms with Gasteiger partial charge in [0.05, 0.1) is 4.90 Å². The van der Waals surface area contributed by atoms with Crippen molar-refractivity contribution in [2.45, 2.75) is 4.90 Å². The molecule has 0 amide bonds. The van der Waals surface area contributed by atoms with Crippen LogP contribution in [0.25, 0.3) is 0 Å². The highest BCUT2D eigenvalue weighted by atomic mass is 32.2. The molecular weight excluding hydrogens is 200 g/mol. The van der Waals surface area contributed by atoms with Gasteiger partial charge in [0, 0.05) is 6.54 Å². The molecule has 0 aliphatic carbocycles. The smallest absolute Gasteiger partial charge is 0.240 e. The molecule has 1 aromatic rings. The Kier molecular flexibility index (Phi) is 3.82. The van der Waals surface area contributed by atoms with Crippen molar-refractivity contribution in [1.29, 1.82) is 0 Å². The second kappa shape index (κ2) is 4.90. The summed E-state index contributed by atoms with van der Waals surface area (Å²) in [5.41, 5.74) is 2.52. The summed E-state index contributed by atoms with van der Waals surface area (Å²) in [5, 5.41) is 0. The lowest BCUT2D eigenvalue weighted by atomic mass is 10.4. The zero-order valence-electron chi connectivity index (χ0n) is 7.60. The van der Waals surface area contributed by atoms with Crippen molar-refractivity contribution in [3.8, 4) is 0 Å². The SMILES string of the molecule is C=CCNNS(=O)(=O)c1ccccc1. The van der Waals surface area contributed by atoms with Crippen LogP contribution in [-0.2, 0) is 10.0 Å². The molecule has 0 fully saturated rings. The molecule has 0 saturated carbocycles. The van der Waals surface area contributed by atoms with Crippen molar-refractivity contribution in [1.82, 2.24) is 10.3 Å². The fourth-order valence-corrected chi connectivity index (χ4v) is 1.77. The topological polar surface area (TPSA) is 58.2 Å². The van der Waals surface area contributed by atoms with Crippen LogP contribution in [-0.4, -0.2) is 15.0 Å². The van der Waals surface area contributed by atoms with E-state index in [4.69, 9.17) is 0 Å². The van der Waals surface area contributed by atoms with Gasteiger partial charge in [-0.3, -0.25) is 0 Å². The van der Waals surface area contributed by atoms with E-state index in [9.17, 15) is 8.42 Å². The number of hydrogen-bond acceptors (Lipinski definition) is 3. The summed E-state index contributed by atoms with van der Waals surface area (Å²) in [5.74, 6) is 0. The van der Waals surface area contributed by atoms with Crippen molar-refractivity contribution in [3.63, 3.8) is 0 Å². The van der Waals surface area contributed by atoms with E-state index >= 15 is 0 Å². The highest BCUT2D eigenvalue weighted by molar-refractivity contribution is 7.89. The first-order chi connectivity index (χ1) is 6.67. The van der Waals surface area contributed by atoms with Gasteiger partial charge in [-0.25, -0.2) is 13.8 Å². The molecule has 0 aromatic heterocycles. The van der Waals surface area contributed by atoms with Crippen molar-refractivity contribution >= 4 is 10.0 Å². The van der Waals surface area contributed by atoms with Gasteiger partial charge in [0.1, 0.15) is 0 Å². The fraction of sp³-hybridized carbons (Fsp3) is 0.111. The third kappa shape index (κ3) is 2.95. The summed E-state index contributed by atoms with van der Waals surface area (Å²) in [6.45, 7) is 3.84. The Labute approximate surface area is 83.7 Å². The largest absolute Gasteiger partial charge is 0.253 e. The van der Waals surface area contributed by atoms with E-state index in [2.05, 4.69) is 16.8 Å². The Hall–Kier alpha value is -1.17. The van der Waals surface area contributed by atoms with Gasteiger partial charge in [-0.1, -0.05) is 24.3 Å². The highest BCUT2D eigenvalue weighted by Gasteiger charge is 2.11. The summed E-state index contributed by atoms with van der Waals surface area (Å²) >= 11 is 0. The molecule has 2 N–H and O–H groups in total. The number of benzene rings is 1. The summed E-state index contributed by atoms with van der Waals surface area (Å²) in [4.78, 5) is 2.46. The lowest BCUT2D eigenvalue weighted by Crippen LogP contribution is -2.37. The average Bonchev–Trinajstić information content (AvgIpc) is 2.19. The van der Waals surface area contributed by atoms with Gasteiger partial charge in [-0.15, -0.1) is 11.4 Å². The van der Waals surface area contributed by atoms with Gasteiger partial charge in [0.25, 0.3) is 10.0 Å². The van der Waals surface area contributed by atoms with Gasteiger partial charge in [-0.2, -0.15) is 0 Å². The molecule has 0 aliphatic heterocycles. The van der Waals surface area contributed by atoms with Crippen LogP contribution in [0.4, 0.5) is 0 Å². The van der Waals surface area contributed by atoms with Crippen LogP contribution in [0, 0.1) is 0 Å². The predicted octanol–water partition coefficient (Wildman–Crippen LogP) is 0.655. The molecule has 4 nitrogen and oxygen atoms in total. The minimum absolute atomic E-state index is 0.233. The van der Waals surface area contributed by atoms with E-state index in [1.165, 1.54) is 12.1 Å². The number of hydrazine groups is 1. The quantitative estimate of drug-likeness (QED) is 0.428. The summed E-state index contributed by atoms with van der Waals surface area (Å²) in [6.07, 6.45) is 1.56. The first-order valence-electron chi connectivity index (χ1n) is 4.07. The van der Waals surface area contributed by atoms with Gasteiger partial charge in [0.15, 0.2) is 0 Å². The van der Waals surface area contributed by atoms with Crippen LogP contribution < -0.4 is 10.3 Å². The first-order valence-corrected chi connectivity index (χ1v) is 5.56. The van der Waals surface area contributed by atoms with Crippen molar-refractivity contribution in [3.05, 3.63) is 43.0 Å². The van der Waals surface area contributed by atoms with Crippen LogP contribution in [0.2, 0.25) is 0 Å². The number of rotatable bonds is 5. The maximum absolute atomic E-state index is 11.5. The lowest BCUT2D eigenvalue weighted by Gasteiger charge is -2.05. The molecule has 0 radical (unpaired) electrons.